The van der Waals surface area contributed by atoms with Crippen LogP contribution in [0.2, 0.25) is 0 Å². The molecule has 0 aromatic heterocycles. The van der Waals surface area contributed by atoms with Crippen LogP contribution in [-0.2, 0) is 24.0 Å². The van der Waals surface area contributed by atoms with Gasteiger partial charge in [0, 0.05) is 55.5 Å². The molecule has 1 amide bonds. The molecule has 6 fully saturated rings. The van der Waals surface area contributed by atoms with Crippen LogP contribution < -0.4 is 10.1 Å². The lowest BCUT2D eigenvalue weighted by Crippen LogP contribution is -2.56. The lowest BCUT2D eigenvalue weighted by molar-refractivity contribution is -0.144. The van der Waals surface area contributed by atoms with Gasteiger partial charge in [-0.3, -0.25) is 29.0 Å². The normalized spacial score (nSPS) is 40.4. The van der Waals surface area contributed by atoms with Gasteiger partial charge in [-0.05, 0) is 197 Å². The van der Waals surface area contributed by atoms with Gasteiger partial charge in [-0.15, -0.1) is 0 Å². The maximum absolute atomic E-state index is 14.2. The summed E-state index contributed by atoms with van der Waals surface area (Å²) < 4.78 is 33.2. The van der Waals surface area contributed by atoms with Crippen LogP contribution in [0, 0.1) is 85.5 Å². The first-order valence-electron chi connectivity index (χ1n) is 28.6. The van der Waals surface area contributed by atoms with Gasteiger partial charge in [0.15, 0.2) is 28.9 Å². The van der Waals surface area contributed by atoms with Gasteiger partial charge < -0.3 is 15.2 Å². The summed E-state index contributed by atoms with van der Waals surface area (Å²) in [5.41, 5.74) is 5.84. The number of ether oxygens (including phenoxy) is 1. The number of carbonyl (C=O) groups is 5. The van der Waals surface area contributed by atoms with Crippen molar-refractivity contribution in [3.63, 3.8) is 0 Å². The molecule has 0 radical (unpaired) electrons. The van der Waals surface area contributed by atoms with Crippen LogP contribution in [0.3, 0.4) is 0 Å². The largest absolute Gasteiger partial charge is 0.503 e. The van der Waals surface area contributed by atoms with Crippen molar-refractivity contribution in [3.05, 3.63) is 46.6 Å². The number of hydrogen-bond acceptors (Lipinski definition) is 8. The van der Waals surface area contributed by atoms with Crippen molar-refractivity contribution in [2.75, 3.05) is 13.1 Å². The Morgan fingerprint density at radius 3 is 1.78 bits per heavy atom. The predicted molar refractivity (Wildman–Crippen MR) is 280 cm³/mol. The number of hydrogen-bond donors (Lipinski definition) is 2. The van der Waals surface area contributed by atoms with Crippen LogP contribution in [-0.4, -0.2) is 53.1 Å². The molecule has 0 saturated heterocycles. The van der Waals surface area contributed by atoms with Crippen molar-refractivity contribution in [3.8, 4) is 11.5 Å². The van der Waals surface area contributed by atoms with Crippen LogP contribution in [0.1, 0.15) is 209 Å². The summed E-state index contributed by atoms with van der Waals surface area (Å²) in [4.78, 5) is 66.7. The Morgan fingerprint density at radius 2 is 1.22 bits per heavy atom. The fraction of sp³-hybridized carbons (Fsp3) is 0.742. The molecule has 1 aromatic rings. The molecule has 2 N–H and O–H groups in total. The van der Waals surface area contributed by atoms with Gasteiger partial charge in [-0.25, -0.2) is 4.39 Å². The third-order valence-corrected chi connectivity index (χ3v) is 23.1. The first kappa shape index (κ1) is 53.8. The Hall–Kier alpha value is -4.02. The summed E-state index contributed by atoms with van der Waals surface area (Å²) in [6, 6.07) is 0.961. The minimum atomic E-state index is -1.30. The molecular formula is C62H86F2N2O7. The molecule has 6 saturated carbocycles. The number of allylic oxidation sites excluding steroid dienone is 2. The molecule has 1 aliphatic heterocycles. The summed E-state index contributed by atoms with van der Waals surface area (Å²) in [6.07, 6.45) is 25.4. The number of amides is 1. The van der Waals surface area contributed by atoms with E-state index in [4.69, 9.17) is 9.73 Å². The maximum Gasteiger partial charge on any atom is 0.315 e. The number of ketones is 3. The van der Waals surface area contributed by atoms with E-state index in [2.05, 4.69) is 53.8 Å². The lowest BCUT2D eigenvalue weighted by Gasteiger charge is -2.63. The number of aliphatic imine (C=N–C) groups is 1. The number of benzene rings is 1. The van der Waals surface area contributed by atoms with Crippen molar-refractivity contribution in [2.24, 2.45) is 78.9 Å². The van der Waals surface area contributed by atoms with E-state index in [9.17, 15) is 37.9 Å². The zero-order valence-electron chi connectivity index (χ0n) is 45.7. The summed E-state index contributed by atoms with van der Waals surface area (Å²) in [5.74, 6) is -2.08. The smallest absolute Gasteiger partial charge is 0.315 e. The number of phenols is 1. The van der Waals surface area contributed by atoms with E-state index < -0.39 is 40.9 Å². The number of unbranched alkanes of at least 4 members (excludes halogenated alkanes) is 3. The SMILES string of the molecule is CC(=NCCCCCCNC(=O)CC1C(=O)Oc2c(cc(F)c(O)c2F)C1C)[C@H]1CC[C@@H]2[C@]1(C)CC[C@H]1[C@@]2(C)CCC2=CC(=O)CC[C@@]21C.CC(=O)[C@H]1CC[C@@H]2[C@]1(C)CC[C@H]1[C@@]2(C)CCC2=CC(=O)CC[C@@]21C. The highest BCUT2D eigenvalue weighted by Crippen LogP contribution is 2.73. The number of esters is 1. The van der Waals surface area contributed by atoms with E-state index in [-0.39, 0.29) is 45.5 Å². The predicted octanol–water partition coefficient (Wildman–Crippen LogP) is 13.5. The highest BCUT2D eigenvalue weighted by Gasteiger charge is 2.66. The van der Waals surface area contributed by atoms with Crippen LogP contribution in [0.15, 0.2) is 34.4 Å². The van der Waals surface area contributed by atoms with Crippen LogP contribution in [0.5, 0.6) is 11.5 Å². The van der Waals surface area contributed by atoms with Gasteiger partial charge in [0.05, 0.1) is 5.92 Å². The molecule has 2 unspecified atom stereocenters. The van der Waals surface area contributed by atoms with Crippen LogP contribution >= 0.6 is 0 Å². The number of nitrogens with one attached hydrogen (secondary N) is 1. The van der Waals surface area contributed by atoms with Crippen molar-refractivity contribution < 1.29 is 42.6 Å². The number of fused-ring (bicyclic) bond motifs is 11. The van der Waals surface area contributed by atoms with Crippen molar-refractivity contribution in [1.82, 2.24) is 5.32 Å². The fourth-order valence-electron chi connectivity index (χ4n) is 19.2. The fourth-order valence-corrected chi connectivity index (χ4v) is 19.2. The third-order valence-electron chi connectivity index (χ3n) is 23.1. The molecule has 0 spiro atoms. The maximum atomic E-state index is 14.2. The molecule has 8 aliphatic carbocycles. The molecule has 10 rings (SSSR count). The Balaban J connectivity index is 0.000000227. The third kappa shape index (κ3) is 9.04. The van der Waals surface area contributed by atoms with E-state index in [1.807, 2.05) is 19.1 Å². The van der Waals surface area contributed by atoms with E-state index in [1.54, 1.807) is 6.92 Å². The number of halogens is 2. The number of rotatable bonds is 11. The molecule has 400 valence electrons. The van der Waals surface area contributed by atoms with Crippen LogP contribution in [0.25, 0.3) is 0 Å². The molecular weight excluding hydrogens is 923 g/mol. The van der Waals surface area contributed by atoms with Gasteiger partial charge in [-0.1, -0.05) is 72.5 Å². The first-order valence-corrected chi connectivity index (χ1v) is 28.6. The van der Waals surface area contributed by atoms with Gasteiger partial charge in [0.1, 0.15) is 5.78 Å². The molecule has 1 aromatic carbocycles. The molecule has 14 atom stereocenters. The number of Topliss-reactive ketones (excluding diaryl/α,β-unsaturated/α-hetero) is 1. The summed E-state index contributed by atoms with van der Waals surface area (Å²) in [7, 11) is 0. The second kappa shape index (κ2) is 19.8. The molecule has 9 nitrogen and oxygen atoms in total. The molecule has 11 heteroatoms. The first-order chi connectivity index (χ1) is 34.4. The topological polar surface area (TPSA) is 139 Å². The van der Waals surface area contributed by atoms with Gasteiger partial charge in [-0.2, -0.15) is 4.39 Å². The second-order valence-electron chi connectivity index (χ2n) is 26.5. The minimum Gasteiger partial charge on any atom is -0.503 e. The van der Waals surface area contributed by atoms with Crippen molar-refractivity contribution in [1.29, 1.82) is 0 Å². The summed E-state index contributed by atoms with van der Waals surface area (Å²) in [6.45, 7) is 21.9. The number of phenolic OH excluding ortho intramolecular Hbond substituents is 1. The van der Waals surface area contributed by atoms with E-state index in [0.717, 1.165) is 76.8 Å². The highest BCUT2D eigenvalue weighted by atomic mass is 19.1. The molecule has 9 aliphatic rings. The number of nitrogens with zero attached hydrogens (tertiary/aromatic N) is 1. The average Bonchev–Trinajstić information content (AvgIpc) is 3.90. The summed E-state index contributed by atoms with van der Waals surface area (Å²) >= 11 is 0. The Kier molecular flexibility index (Phi) is 14.6. The molecule has 73 heavy (non-hydrogen) atoms. The van der Waals surface area contributed by atoms with Crippen molar-refractivity contribution >= 4 is 34.9 Å². The second-order valence-corrected chi connectivity index (χ2v) is 26.5. The Labute approximate surface area is 434 Å². The van der Waals surface area contributed by atoms with E-state index >= 15 is 0 Å². The highest BCUT2D eigenvalue weighted by molar-refractivity contribution is 5.92. The Morgan fingerprint density at radius 1 is 0.685 bits per heavy atom. The van der Waals surface area contributed by atoms with Crippen LogP contribution in [0.4, 0.5) is 8.78 Å². The average molecular weight is 1010 g/mol. The zero-order chi connectivity index (χ0) is 52.6. The number of aromatic hydroxyl groups is 1. The van der Waals surface area contributed by atoms with E-state index in [1.165, 1.54) is 74.6 Å². The minimum absolute atomic E-state index is 0.125. The quantitative estimate of drug-likeness (QED) is 0.0974. The van der Waals surface area contributed by atoms with Gasteiger partial charge in [0.2, 0.25) is 11.7 Å². The van der Waals surface area contributed by atoms with Crippen molar-refractivity contribution in [2.45, 2.75) is 203 Å². The summed E-state index contributed by atoms with van der Waals surface area (Å²) in [5, 5.41) is 12.4. The van der Waals surface area contributed by atoms with Gasteiger partial charge in [0.25, 0.3) is 0 Å². The van der Waals surface area contributed by atoms with E-state index in [0.29, 0.717) is 70.7 Å². The van der Waals surface area contributed by atoms with Gasteiger partial charge >= 0.3 is 5.97 Å². The molecule has 1 heterocycles. The lowest BCUT2D eigenvalue weighted by atomic mass is 9.41. The molecule has 0 bridgehead atoms. The zero-order valence-corrected chi connectivity index (χ0v) is 45.7. The Bertz CT molecular complexity index is 2510. The monoisotopic (exact) mass is 1010 g/mol. The number of carbonyl (C=O) groups excluding carboxylic acids is 5. The standard InChI is InChI=1S/C40H54F2N2O5.C22H32O2/c1-23-27-21-30(41)35(47)34(42)36(27)49-37(48)28(23)22-33(46)44-19-9-7-6-8-18-43-24(2)29-10-11-31-39(29,4)17-14-32-38(3)16-13-26(45)20-25(38)12-15-40(31,32)5;1-14(23)17-5-6-18-21(17,3)12-9-19-20(2)11-8-16(24)13-15(20)7-10-22(18,19)4/h20-21,23,28-29,31-32,47H,6-19,22H2,1-5H3,(H,44,46);13,17-19H,5-12H2,1-4H3/t23?,28?,29-,31-,32-,38+,39-,40+;17-,18-,19-,20+,21-,22+/m11/s1.